The smallest absolute Gasteiger partial charge is 0.0540 e. The van der Waals surface area contributed by atoms with Crippen LogP contribution in [0.4, 0.5) is 17.1 Å². The lowest BCUT2D eigenvalue weighted by atomic mass is 9.78. The maximum absolute atomic E-state index is 2.54. The molecule has 0 heterocycles. The van der Waals surface area contributed by atoms with E-state index in [4.69, 9.17) is 0 Å². The highest BCUT2D eigenvalue weighted by Crippen LogP contribution is 2.50. The van der Waals surface area contributed by atoms with Crippen LogP contribution in [0.25, 0.3) is 66.1 Å². The summed E-state index contributed by atoms with van der Waals surface area (Å²) < 4.78 is 0. The van der Waals surface area contributed by atoms with Crippen LogP contribution in [0.3, 0.4) is 0 Å². The van der Waals surface area contributed by atoms with Gasteiger partial charge in [0.25, 0.3) is 0 Å². The molecule has 0 aromatic heterocycles. The number of anilines is 3. The molecular formula is C62H59N. The lowest BCUT2D eigenvalue weighted by molar-refractivity contribution is 0.569. The Balaban J connectivity index is 1.37. The SMILES string of the molecule is CC(C)(C)c1cc(-c2cccc3cccc(-c4ccccc4N(c4ccc(C(C)(C)C)cc4-c4ccccc4)c4ccccc4-c4cccc5ccccc45)c23)cc(C(C)(C)C)c1. The lowest BCUT2D eigenvalue weighted by Crippen LogP contribution is -2.16. The second kappa shape index (κ2) is 16.2. The zero-order valence-electron chi connectivity index (χ0n) is 38.4. The van der Waals surface area contributed by atoms with Crippen molar-refractivity contribution in [2.45, 2.75) is 78.6 Å². The second-order valence-corrected chi connectivity index (χ2v) is 20.3. The number of benzene rings is 9. The molecule has 9 rings (SSSR count). The van der Waals surface area contributed by atoms with Crippen LogP contribution in [-0.4, -0.2) is 0 Å². The predicted molar refractivity (Wildman–Crippen MR) is 274 cm³/mol. The number of fused-ring (bicyclic) bond motifs is 2. The van der Waals surface area contributed by atoms with E-state index in [-0.39, 0.29) is 16.2 Å². The highest BCUT2D eigenvalue weighted by Gasteiger charge is 2.27. The third-order valence-corrected chi connectivity index (χ3v) is 12.7. The Morgan fingerprint density at radius 1 is 0.286 bits per heavy atom. The number of nitrogens with zero attached hydrogens (tertiary/aromatic N) is 1. The molecule has 0 unspecified atom stereocenters. The number of hydrogen-bond acceptors (Lipinski definition) is 1. The van der Waals surface area contributed by atoms with Crippen molar-refractivity contribution >= 4 is 38.6 Å². The molecule has 312 valence electrons. The van der Waals surface area contributed by atoms with Crippen LogP contribution >= 0.6 is 0 Å². The minimum absolute atomic E-state index is 0.00695. The van der Waals surface area contributed by atoms with E-state index in [1.54, 1.807) is 0 Å². The van der Waals surface area contributed by atoms with E-state index >= 15 is 0 Å². The standard InChI is InChI=1S/C62H59N/c1-60(2,3)46-36-37-58(55(41-46)43-22-11-10-12-23-43)63(56-34-17-15-29-52(56)51-32-19-25-42-24-13-14-28-49(42)51)57-35-18-16-30-53(57)54-33-21-27-44-26-20-31-50(59(44)54)45-38-47(61(4,5)6)40-48(39-45)62(7,8)9/h10-41H,1-9H3. The molecule has 0 atom stereocenters. The second-order valence-electron chi connectivity index (χ2n) is 20.3. The van der Waals surface area contributed by atoms with Crippen molar-refractivity contribution < 1.29 is 0 Å². The average Bonchev–Trinajstić information content (AvgIpc) is 3.28. The van der Waals surface area contributed by atoms with Crippen LogP contribution < -0.4 is 4.90 Å². The fourth-order valence-corrected chi connectivity index (χ4v) is 9.14. The summed E-state index contributed by atoms with van der Waals surface area (Å²) in [5, 5.41) is 4.94. The van der Waals surface area contributed by atoms with E-state index in [1.165, 1.54) is 82.7 Å². The topological polar surface area (TPSA) is 3.24 Å². The van der Waals surface area contributed by atoms with Crippen molar-refractivity contribution in [1.82, 2.24) is 0 Å². The van der Waals surface area contributed by atoms with E-state index in [9.17, 15) is 0 Å². The third kappa shape index (κ3) is 8.10. The average molecular weight is 818 g/mol. The van der Waals surface area contributed by atoms with E-state index < -0.39 is 0 Å². The van der Waals surface area contributed by atoms with Crippen molar-refractivity contribution in [3.05, 3.63) is 211 Å². The number of para-hydroxylation sites is 2. The van der Waals surface area contributed by atoms with Crippen molar-refractivity contribution in [3.8, 4) is 44.5 Å². The first kappa shape index (κ1) is 41.6. The summed E-state index contributed by atoms with van der Waals surface area (Å²) in [6.45, 7) is 20.9. The van der Waals surface area contributed by atoms with Gasteiger partial charge in [0, 0.05) is 16.7 Å². The molecule has 63 heavy (non-hydrogen) atoms. The van der Waals surface area contributed by atoms with E-state index in [0.29, 0.717) is 0 Å². The molecule has 1 nitrogen and oxygen atoms in total. The van der Waals surface area contributed by atoms with Gasteiger partial charge in [-0.15, -0.1) is 0 Å². The Labute approximate surface area is 375 Å². The van der Waals surface area contributed by atoms with Crippen molar-refractivity contribution in [2.75, 3.05) is 4.90 Å². The molecule has 0 saturated heterocycles. The van der Waals surface area contributed by atoms with Crippen LogP contribution in [0.2, 0.25) is 0 Å². The maximum atomic E-state index is 2.54. The summed E-state index contributed by atoms with van der Waals surface area (Å²) >= 11 is 0. The molecule has 0 aliphatic heterocycles. The van der Waals surface area contributed by atoms with Crippen LogP contribution in [0.5, 0.6) is 0 Å². The van der Waals surface area contributed by atoms with Crippen molar-refractivity contribution in [3.63, 3.8) is 0 Å². The summed E-state index contributed by atoms with van der Waals surface area (Å²) in [5.74, 6) is 0. The van der Waals surface area contributed by atoms with Crippen LogP contribution in [0.1, 0.15) is 79.0 Å². The van der Waals surface area contributed by atoms with Crippen LogP contribution in [0, 0.1) is 0 Å². The quantitative estimate of drug-likeness (QED) is 0.155. The zero-order valence-corrected chi connectivity index (χ0v) is 38.4. The summed E-state index contributed by atoms with van der Waals surface area (Å²) in [6.07, 6.45) is 0. The summed E-state index contributed by atoms with van der Waals surface area (Å²) in [7, 11) is 0. The highest BCUT2D eigenvalue weighted by molar-refractivity contribution is 6.10. The molecule has 9 aromatic carbocycles. The minimum Gasteiger partial charge on any atom is -0.309 e. The molecule has 0 aliphatic carbocycles. The fourth-order valence-electron chi connectivity index (χ4n) is 9.14. The van der Waals surface area contributed by atoms with Gasteiger partial charge < -0.3 is 4.90 Å². The maximum Gasteiger partial charge on any atom is 0.0540 e. The van der Waals surface area contributed by atoms with Gasteiger partial charge in [-0.05, 0) is 107 Å². The molecule has 0 fully saturated rings. The first-order valence-corrected chi connectivity index (χ1v) is 22.5. The van der Waals surface area contributed by atoms with Gasteiger partial charge in [0.1, 0.15) is 0 Å². The molecule has 0 aliphatic rings. The van der Waals surface area contributed by atoms with Gasteiger partial charge in [-0.3, -0.25) is 0 Å². The monoisotopic (exact) mass is 817 g/mol. The van der Waals surface area contributed by atoms with Gasteiger partial charge >= 0.3 is 0 Å². The van der Waals surface area contributed by atoms with Crippen molar-refractivity contribution in [1.29, 1.82) is 0 Å². The molecule has 0 radical (unpaired) electrons. The fraction of sp³-hybridized carbons (Fsp3) is 0.194. The molecular weight excluding hydrogens is 759 g/mol. The Bertz CT molecular complexity index is 3070. The van der Waals surface area contributed by atoms with Gasteiger partial charge in [0.15, 0.2) is 0 Å². The molecule has 0 saturated carbocycles. The van der Waals surface area contributed by atoms with E-state index in [0.717, 1.165) is 17.1 Å². The van der Waals surface area contributed by atoms with Gasteiger partial charge in [-0.2, -0.15) is 0 Å². The summed E-state index contributed by atoms with van der Waals surface area (Å²) in [5.41, 5.74) is 17.0. The Morgan fingerprint density at radius 3 is 1.37 bits per heavy atom. The Hall–Kier alpha value is -6.70. The summed E-state index contributed by atoms with van der Waals surface area (Å²) in [4.78, 5) is 2.54. The van der Waals surface area contributed by atoms with Gasteiger partial charge in [-0.25, -0.2) is 0 Å². The number of hydrogen-bond donors (Lipinski definition) is 0. The van der Waals surface area contributed by atoms with Gasteiger partial charge in [0.05, 0.1) is 17.1 Å². The zero-order chi connectivity index (χ0) is 44.1. The summed E-state index contributed by atoms with van der Waals surface area (Å²) in [6, 6.07) is 72.5. The van der Waals surface area contributed by atoms with Crippen LogP contribution in [0.15, 0.2) is 194 Å². The Morgan fingerprint density at radius 2 is 0.746 bits per heavy atom. The Kier molecular flexibility index (Phi) is 10.7. The lowest BCUT2D eigenvalue weighted by Gasteiger charge is -2.33. The third-order valence-electron chi connectivity index (χ3n) is 12.7. The normalized spacial score (nSPS) is 12.2. The minimum atomic E-state index is -0.0395. The van der Waals surface area contributed by atoms with Gasteiger partial charge in [0.2, 0.25) is 0 Å². The molecule has 0 bridgehead atoms. The molecule has 0 amide bonds. The highest BCUT2D eigenvalue weighted by atomic mass is 15.1. The number of rotatable bonds is 7. The first-order chi connectivity index (χ1) is 30.2. The first-order valence-electron chi connectivity index (χ1n) is 22.5. The largest absolute Gasteiger partial charge is 0.309 e. The predicted octanol–water partition coefficient (Wildman–Crippen LogP) is 18.0. The van der Waals surface area contributed by atoms with Gasteiger partial charge in [-0.1, -0.05) is 232 Å². The van der Waals surface area contributed by atoms with E-state index in [2.05, 4.69) is 261 Å². The molecule has 1 heteroatoms. The molecule has 0 spiro atoms. The van der Waals surface area contributed by atoms with Crippen molar-refractivity contribution in [2.24, 2.45) is 0 Å². The van der Waals surface area contributed by atoms with E-state index in [1.807, 2.05) is 0 Å². The molecule has 9 aromatic rings. The molecule has 0 N–H and O–H groups in total. The van der Waals surface area contributed by atoms with Crippen LogP contribution in [-0.2, 0) is 16.2 Å².